The molecular weight excluding hydrogens is 218 g/mol. The van der Waals surface area contributed by atoms with E-state index in [1.165, 1.54) is 0 Å². The number of carboxylic acid groups (broad SMARTS) is 1. The molecule has 3 N–H and O–H groups in total. The van der Waals surface area contributed by atoms with E-state index in [2.05, 4.69) is 6.07 Å². The highest BCUT2D eigenvalue weighted by molar-refractivity contribution is 5.78. The fraction of sp³-hybridized carbons (Fsp3) is 0.833. The lowest BCUT2D eigenvalue weighted by molar-refractivity contribution is -0.154. The summed E-state index contributed by atoms with van der Waals surface area (Å²) in [4.78, 5) is 13.2. The van der Waals surface area contributed by atoms with Gasteiger partial charge in [0.25, 0.3) is 0 Å². The molecule has 0 amide bonds. The van der Waals surface area contributed by atoms with Crippen LogP contribution in [0.2, 0.25) is 0 Å². The topological polar surface area (TPSA) is 90.4 Å². The number of aliphatic carboxylic acids is 1. The molecule has 2 aliphatic rings. The minimum absolute atomic E-state index is 0.0690. The van der Waals surface area contributed by atoms with Crippen LogP contribution in [0, 0.1) is 17.2 Å². The zero-order chi connectivity index (χ0) is 12.6. The molecule has 1 saturated heterocycles. The van der Waals surface area contributed by atoms with Gasteiger partial charge in [-0.3, -0.25) is 4.90 Å². The van der Waals surface area contributed by atoms with Crippen LogP contribution in [-0.4, -0.2) is 33.7 Å². The van der Waals surface area contributed by atoms with E-state index in [0.717, 1.165) is 19.3 Å². The predicted molar refractivity (Wildman–Crippen MR) is 61.8 cm³/mol. The van der Waals surface area contributed by atoms with Gasteiger partial charge in [0.2, 0.25) is 0 Å². The first-order valence-corrected chi connectivity index (χ1v) is 6.19. The van der Waals surface area contributed by atoms with Gasteiger partial charge in [-0.25, -0.2) is 4.79 Å². The molecule has 5 nitrogen and oxygen atoms in total. The summed E-state index contributed by atoms with van der Waals surface area (Å²) < 4.78 is 0. The van der Waals surface area contributed by atoms with Gasteiger partial charge in [-0.05, 0) is 32.1 Å². The molecule has 1 heterocycles. The molecule has 1 aliphatic carbocycles. The van der Waals surface area contributed by atoms with Crippen molar-refractivity contribution < 1.29 is 9.90 Å². The zero-order valence-corrected chi connectivity index (χ0v) is 10.1. The molecule has 1 saturated carbocycles. The van der Waals surface area contributed by atoms with E-state index in [-0.39, 0.29) is 12.1 Å². The van der Waals surface area contributed by atoms with Crippen LogP contribution in [0.3, 0.4) is 0 Å². The summed E-state index contributed by atoms with van der Waals surface area (Å²) in [7, 11) is 0. The quantitative estimate of drug-likeness (QED) is 0.758. The SMILES string of the molecule is C[C@H]1CCC(C#N)N1C(N)(CC1CC1)C(=O)O. The van der Waals surface area contributed by atoms with Crippen LogP contribution in [0.5, 0.6) is 0 Å². The lowest BCUT2D eigenvalue weighted by Gasteiger charge is -2.39. The molecule has 0 aromatic heterocycles. The molecule has 0 radical (unpaired) electrons. The van der Waals surface area contributed by atoms with E-state index >= 15 is 0 Å². The molecule has 0 spiro atoms. The van der Waals surface area contributed by atoms with E-state index < -0.39 is 11.6 Å². The molecule has 1 aliphatic heterocycles. The highest BCUT2D eigenvalue weighted by Gasteiger charge is 2.51. The van der Waals surface area contributed by atoms with Gasteiger partial charge in [-0.15, -0.1) is 0 Å². The van der Waals surface area contributed by atoms with Crippen molar-refractivity contribution in [3.05, 3.63) is 0 Å². The van der Waals surface area contributed by atoms with Gasteiger partial charge in [-0.2, -0.15) is 5.26 Å². The largest absolute Gasteiger partial charge is 0.479 e. The number of carbonyl (C=O) groups is 1. The van der Waals surface area contributed by atoms with Crippen molar-refractivity contribution >= 4 is 5.97 Å². The van der Waals surface area contributed by atoms with Crippen LogP contribution in [0.15, 0.2) is 0 Å². The molecule has 0 aromatic carbocycles. The average Bonchev–Trinajstić information content (AvgIpc) is 2.99. The summed E-state index contributed by atoms with van der Waals surface area (Å²) in [5.41, 5.74) is 4.76. The molecule has 3 atom stereocenters. The van der Waals surface area contributed by atoms with Crippen LogP contribution in [0.25, 0.3) is 0 Å². The fourth-order valence-corrected chi connectivity index (χ4v) is 2.85. The molecule has 5 heteroatoms. The third-order valence-electron chi connectivity index (χ3n) is 3.95. The molecule has 0 bridgehead atoms. The van der Waals surface area contributed by atoms with Gasteiger partial charge in [0.1, 0.15) is 0 Å². The Kier molecular flexibility index (Phi) is 3.11. The van der Waals surface area contributed by atoms with Crippen molar-refractivity contribution in [2.24, 2.45) is 11.7 Å². The van der Waals surface area contributed by atoms with Crippen LogP contribution < -0.4 is 5.73 Å². The molecule has 94 valence electrons. The van der Waals surface area contributed by atoms with Crippen molar-refractivity contribution in [1.82, 2.24) is 4.90 Å². The van der Waals surface area contributed by atoms with Crippen LogP contribution in [-0.2, 0) is 4.79 Å². The minimum Gasteiger partial charge on any atom is -0.479 e. The molecule has 2 fully saturated rings. The maximum absolute atomic E-state index is 11.5. The normalized spacial score (nSPS) is 33.0. The lowest BCUT2D eigenvalue weighted by Crippen LogP contribution is -2.64. The monoisotopic (exact) mass is 237 g/mol. The third kappa shape index (κ3) is 2.15. The first kappa shape index (κ1) is 12.3. The van der Waals surface area contributed by atoms with E-state index in [1.807, 2.05) is 6.92 Å². The smallest absolute Gasteiger partial charge is 0.339 e. The second kappa shape index (κ2) is 4.28. The Balaban J connectivity index is 2.24. The van der Waals surface area contributed by atoms with Crippen LogP contribution in [0.1, 0.15) is 39.0 Å². The first-order chi connectivity index (χ1) is 7.99. The molecule has 17 heavy (non-hydrogen) atoms. The maximum Gasteiger partial charge on any atom is 0.339 e. The van der Waals surface area contributed by atoms with Crippen LogP contribution >= 0.6 is 0 Å². The van der Waals surface area contributed by atoms with Gasteiger partial charge in [0.15, 0.2) is 5.66 Å². The van der Waals surface area contributed by atoms with Gasteiger partial charge in [0, 0.05) is 6.04 Å². The van der Waals surface area contributed by atoms with Gasteiger partial charge in [0.05, 0.1) is 12.1 Å². The number of rotatable bonds is 4. The number of likely N-dealkylation sites (tertiary alicyclic amines) is 1. The van der Waals surface area contributed by atoms with Crippen LogP contribution in [0.4, 0.5) is 0 Å². The fourth-order valence-electron chi connectivity index (χ4n) is 2.85. The summed E-state index contributed by atoms with van der Waals surface area (Å²) >= 11 is 0. The summed E-state index contributed by atoms with van der Waals surface area (Å²) in [6, 6.07) is 1.89. The number of nitrogens with two attached hydrogens (primary N) is 1. The first-order valence-electron chi connectivity index (χ1n) is 6.19. The predicted octanol–water partition coefficient (Wildman–Crippen LogP) is 0.903. The molecule has 0 aromatic rings. The summed E-state index contributed by atoms with van der Waals surface area (Å²) in [6.45, 7) is 1.95. The van der Waals surface area contributed by atoms with Gasteiger partial charge in [-0.1, -0.05) is 12.8 Å². The van der Waals surface area contributed by atoms with Gasteiger partial charge < -0.3 is 10.8 Å². The second-order valence-electron chi connectivity index (χ2n) is 5.36. The third-order valence-corrected chi connectivity index (χ3v) is 3.95. The Hall–Kier alpha value is -1.12. The average molecular weight is 237 g/mol. The van der Waals surface area contributed by atoms with E-state index in [1.54, 1.807) is 4.90 Å². The Morgan fingerprint density at radius 3 is 2.65 bits per heavy atom. The van der Waals surface area contributed by atoms with E-state index in [0.29, 0.717) is 18.8 Å². The number of hydrogen-bond acceptors (Lipinski definition) is 4. The number of hydrogen-bond donors (Lipinski definition) is 2. The summed E-state index contributed by atoms with van der Waals surface area (Å²) in [6.07, 6.45) is 4.14. The number of carboxylic acids is 1. The Morgan fingerprint density at radius 2 is 2.18 bits per heavy atom. The standard InChI is InChI=1S/C12H19N3O2/c1-8-2-5-10(7-13)15(8)12(14,11(16)17)6-9-3-4-9/h8-10H,2-6,14H2,1H3,(H,16,17)/t8-,10?,12?/m0/s1. The molecule has 2 rings (SSSR count). The minimum atomic E-state index is -1.36. The Bertz CT molecular complexity index is 361. The van der Waals surface area contributed by atoms with Crippen molar-refractivity contribution in [3.63, 3.8) is 0 Å². The summed E-state index contributed by atoms with van der Waals surface area (Å²) in [5, 5.41) is 18.5. The van der Waals surface area contributed by atoms with Crippen molar-refractivity contribution in [2.45, 2.75) is 56.8 Å². The van der Waals surface area contributed by atoms with E-state index in [9.17, 15) is 9.90 Å². The van der Waals surface area contributed by atoms with Gasteiger partial charge >= 0.3 is 5.97 Å². The number of nitrogens with zero attached hydrogens (tertiary/aromatic N) is 2. The molecule has 2 unspecified atom stereocenters. The van der Waals surface area contributed by atoms with Crippen molar-refractivity contribution in [1.29, 1.82) is 5.26 Å². The second-order valence-corrected chi connectivity index (χ2v) is 5.36. The van der Waals surface area contributed by atoms with Crippen molar-refractivity contribution in [3.8, 4) is 6.07 Å². The highest BCUT2D eigenvalue weighted by Crippen LogP contribution is 2.40. The zero-order valence-electron chi connectivity index (χ0n) is 10.1. The Labute approximate surface area is 101 Å². The maximum atomic E-state index is 11.5. The lowest BCUT2D eigenvalue weighted by atomic mass is 9.99. The summed E-state index contributed by atoms with van der Waals surface area (Å²) in [5.74, 6) is -0.582. The van der Waals surface area contributed by atoms with Crippen molar-refractivity contribution in [2.75, 3.05) is 0 Å². The highest BCUT2D eigenvalue weighted by atomic mass is 16.4. The Morgan fingerprint density at radius 1 is 1.53 bits per heavy atom. The van der Waals surface area contributed by atoms with E-state index in [4.69, 9.17) is 11.0 Å². The number of nitriles is 1. The molecular formula is C12H19N3O2.